The quantitative estimate of drug-likeness (QED) is 0.282. The van der Waals surface area contributed by atoms with Crippen LogP contribution in [-0.4, -0.2) is 57.7 Å². The van der Waals surface area contributed by atoms with Crippen LogP contribution in [0, 0.1) is 0 Å². The average molecular weight is 180 g/mol. The largest absolute Gasteiger partial charge is 0.394 e. The molecular formula is C6H14NO5+. The molecule has 5 atom stereocenters. The van der Waals surface area contributed by atoms with E-state index >= 15 is 0 Å². The Morgan fingerprint density at radius 2 is 1.75 bits per heavy atom. The predicted molar refractivity (Wildman–Crippen MR) is 36.7 cm³/mol. The Morgan fingerprint density at radius 3 is 2.25 bits per heavy atom. The van der Waals surface area contributed by atoms with E-state index in [9.17, 15) is 10.2 Å². The molecule has 6 nitrogen and oxygen atoms in total. The molecule has 0 amide bonds. The average Bonchev–Trinajstić information content (AvgIpc) is 2.08. The SMILES string of the molecule is [NH3+][C@@H]1[C@@H](O)[C@@H](O)[C@@H](CO)O[C@@H]1O. The maximum atomic E-state index is 9.25. The summed E-state index contributed by atoms with van der Waals surface area (Å²) in [4.78, 5) is 0. The minimum absolute atomic E-state index is 0.442. The summed E-state index contributed by atoms with van der Waals surface area (Å²) in [5.41, 5.74) is 3.41. The molecule has 0 saturated carbocycles. The number of rotatable bonds is 1. The molecule has 1 aliphatic rings. The standard InChI is InChI=1S/C6H13NO5/c7-3-5(10)4(9)2(1-8)12-6(3)11/h2-6,8-11H,1,7H2/p+1/t2-,3-,4+,5-,6+/m1/s1. The van der Waals surface area contributed by atoms with Gasteiger partial charge in [-0.1, -0.05) is 0 Å². The Kier molecular flexibility index (Phi) is 2.99. The lowest BCUT2D eigenvalue weighted by Gasteiger charge is -2.36. The topological polar surface area (TPSA) is 118 Å². The molecule has 1 heterocycles. The van der Waals surface area contributed by atoms with E-state index in [1.807, 2.05) is 0 Å². The van der Waals surface area contributed by atoms with Crippen LogP contribution < -0.4 is 5.73 Å². The second kappa shape index (κ2) is 3.65. The van der Waals surface area contributed by atoms with E-state index in [1.54, 1.807) is 0 Å². The molecule has 0 spiro atoms. The number of aliphatic hydroxyl groups excluding tert-OH is 4. The molecule has 1 aliphatic heterocycles. The van der Waals surface area contributed by atoms with Gasteiger partial charge in [0.15, 0.2) is 6.04 Å². The molecule has 1 saturated heterocycles. The molecule has 6 heteroatoms. The van der Waals surface area contributed by atoms with Crippen LogP contribution in [0.2, 0.25) is 0 Å². The van der Waals surface area contributed by atoms with E-state index in [1.165, 1.54) is 0 Å². The summed E-state index contributed by atoms with van der Waals surface area (Å²) in [7, 11) is 0. The van der Waals surface area contributed by atoms with Crippen LogP contribution in [0.3, 0.4) is 0 Å². The minimum atomic E-state index is -1.24. The van der Waals surface area contributed by atoms with E-state index in [-0.39, 0.29) is 0 Å². The highest BCUT2D eigenvalue weighted by atomic mass is 16.6. The van der Waals surface area contributed by atoms with Crippen LogP contribution in [0.15, 0.2) is 0 Å². The molecule has 72 valence electrons. The third-order valence-electron chi connectivity index (χ3n) is 2.03. The molecule has 0 unspecified atom stereocenters. The molecule has 0 bridgehead atoms. The first-order valence-corrected chi connectivity index (χ1v) is 3.71. The second-order valence-corrected chi connectivity index (χ2v) is 2.89. The zero-order valence-electron chi connectivity index (χ0n) is 6.50. The van der Waals surface area contributed by atoms with E-state index in [4.69, 9.17) is 14.9 Å². The summed E-state index contributed by atoms with van der Waals surface area (Å²) in [6, 6.07) is -0.789. The summed E-state index contributed by atoms with van der Waals surface area (Å²) in [6.07, 6.45) is -4.53. The van der Waals surface area contributed by atoms with Crippen molar-refractivity contribution in [1.82, 2.24) is 0 Å². The number of quaternary nitrogens is 1. The molecule has 7 N–H and O–H groups in total. The van der Waals surface area contributed by atoms with Gasteiger partial charge in [0.25, 0.3) is 0 Å². The molecular weight excluding hydrogens is 166 g/mol. The fraction of sp³-hybridized carbons (Fsp3) is 1.00. The van der Waals surface area contributed by atoms with Crippen molar-refractivity contribution in [1.29, 1.82) is 0 Å². The molecule has 0 aromatic heterocycles. The Morgan fingerprint density at radius 1 is 1.17 bits per heavy atom. The molecule has 0 aromatic rings. The molecule has 12 heavy (non-hydrogen) atoms. The minimum Gasteiger partial charge on any atom is -0.394 e. The number of hydrogen-bond donors (Lipinski definition) is 5. The van der Waals surface area contributed by atoms with Crippen molar-refractivity contribution >= 4 is 0 Å². The summed E-state index contributed by atoms with van der Waals surface area (Å²) >= 11 is 0. The normalized spacial score (nSPS) is 49.2. The van der Waals surface area contributed by atoms with Crippen molar-refractivity contribution in [2.24, 2.45) is 0 Å². The van der Waals surface area contributed by atoms with Crippen molar-refractivity contribution in [3.63, 3.8) is 0 Å². The summed E-state index contributed by atoms with van der Waals surface area (Å²) < 4.78 is 4.76. The highest BCUT2D eigenvalue weighted by Gasteiger charge is 2.43. The van der Waals surface area contributed by atoms with Gasteiger partial charge < -0.3 is 30.9 Å². The Labute approximate surface area is 69.2 Å². The Hall–Kier alpha value is -0.240. The molecule has 1 rings (SSSR count). The van der Waals surface area contributed by atoms with E-state index in [0.29, 0.717) is 0 Å². The zero-order chi connectivity index (χ0) is 9.30. The van der Waals surface area contributed by atoms with E-state index < -0.39 is 37.3 Å². The van der Waals surface area contributed by atoms with Crippen LogP contribution in [0.5, 0.6) is 0 Å². The van der Waals surface area contributed by atoms with Crippen LogP contribution in [0.4, 0.5) is 0 Å². The zero-order valence-corrected chi connectivity index (χ0v) is 6.50. The molecule has 0 radical (unpaired) electrons. The van der Waals surface area contributed by atoms with Gasteiger partial charge >= 0.3 is 0 Å². The van der Waals surface area contributed by atoms with Gasteiger partial charge in [-0.25, -0.2) is 0 Å². The first-order valence-electron chi connectivity index (χ1n) is 3.71. The first-order chi connectivity index (χ1) is 5.57. The van der Waals surface area contributed by atoms with Gasteiger partial charge in [0.05, 0.1) is 6.61 Å². The van der Waals surface area contributed by atoms with Gasteiger partial charge in [-0.2, -0.15) is 0 Å². The fourth-order valence-corrected chi connectivity index (χ4v) is 1.15. The van der Waals surface area contributed by atoms with Crippen molar-refractivity contribution in [2.75, 3.05) is 6.61 Å². The monoisotopic (exact) mass is 180 g/mol. The van der Waals surface area contributed by atoms with Gasteiger partial charge in [0.2, 0.25) is 6.29 Å². The van der Waals surface area contributed by atoms with Gasteiger partial charge in [0.1, 0.15) is 18.3 Å². The van der Waals surface area contributed by atoms with Crippen molar-refractivity contribution < 1.29 is 30.9 Å². The lowest BCUT2D eigenvalue weighted by Crippen LogP contribution is -2.77. The van der Waals surface area contributed by atoms with Gasteiger partial charge in [-0.3, -0.25) is 0 Å². The predicted octanol–water partition coefficient (Wildman–Crippen LogP) is -3.97. The summed E-state index contributed by atoms with van der Waals surface area (Å²) in [6.45, 7) is -0.442. The molecule has 0 aliphatic carbocycles. The van der Waals surface area contributed by atoms with E-state index in [0.717, 1.165) is 0 Å². The van der Waals surface area contributed by atoms with Gasteiger partial charge in [0, 0.05) is 0 Å². The van der Waals surface area contributed by atoms with Gasteiger partial charge in [-0.05, 0) is 0 Å². The maximum Gasteiger partial charge on any atom is 0.211 e. The van der Waals surface area contributed by atoms with Crippen molar-refractivity contribution in [2.45, 2.75) is 30.6 Å². The van der Waals surface area contributed by atoms with Crippen LogP contribution in [-0.2, 0) is 4.74 Å². The smallest absolute Gasteiger partial charge is 0.211 e. The summed E-state index contributed by atoms with van der Waals surface area (Å²) in [5.74, 6) is 0. The Bertz CT molecular complexity index is 150. The molecule has 1 fully saturated rings. The lowest BCUT2D eigenvalue weighted by molar-refractivity contribution is -0.497. The Balaban J connectivity index is 2.63. The third kappa shape index (κ3) is 1.58. The highest BCUT2D eigenvalue weighted by molar-refractivity contribution is 4.87. The number of aliphatic hydroxyl groups is 4. The second-order valence-electron chi connectivity index (χ2n) is 2.89. The molecule has 0 aromatic carbocycles. The van der Waals surface area contributed by atoms with Crippen LogP contribution in [0.1, 0.15) is 0 Å². The van der Waals surface area contributed by atoms with Gasteiger partial charge in [-0.15, -0.1) is 0 Å². The van der Waals surface area contributed by atoms with E-state index in [2.05, 4.69) is 5.73 Å². The number of hydrogen-bond acceptors (Lipinski definition) is 5. The lowest BCUT2D eigenvalue weighted by atomic mass is 9.98. The maximum absolute atomic E-state index is 9.25. The fourth-order valence-electron chi connectivity index (χ4n) is 1.15. The number of ether oxygens (including phenoxy) is 1. The third-order valence-corrected chi connectivity index (χ3v) is 2.03. The first kappa shape index (κ1) is 9.85. The highest BCUT2D eigenvalue weighted by Crippen LogP contribution is 2.16. The van der Waals surface area contributed by atoms with Crippen molar-refractivity contribution in [3.8, 4) is 0 Å². The van der Waals surface area contributed by atoms with Crippen LogP contribution in [0.25, 0.3) is 0 Å². The van der Waals surface area contributed by atoms with Crippen LogP contribution >= 0.6 is 0 Å². The van der Waals surface area contributed by atoms with Crippen molar-refractivity contribution in [3.05, 3.63) is 0 Å². The summed E-state index contributed by atoms with van der Waals surface area (Å²) in [5, 5.41) is 36.3.